The lowest BCUT2D eigenvalue weighted by Gasteiger charge is -2.06. The third-order valence-electron chi connectivity index (χ3n) is 1.86. The van der Waals surface area contributed by atoms with E-state index in [4.69, 9.17) is 4.74 Å². The number of aromatic nitrogens is 2. The molecule has 1 unspecified atom stereocenters. The second-order valence-corrected chi connectivity index (χ2v) is 3.55. The van der Waals surface area contributed by atoms with Crippen molar-refractivity contribution in [3.05, 3.63) is 22.7 Å². The maximum absolute atomic E-state index is 5.45. The molecule has 2 heterocycles. The zero-order valence-electron chi connectivity index (χ0n) is 6.53. The van der Waals surface area contributed by atoms with Crippen molar-refractivity contribution in [3.8, 4) is 0 Å². The minimum atomic E-state index is 0.113. The van der Waals surface area contributed by atoms with Gasteiger partial charge in [0.25, 0.3) is 0 Å². The van der Waals surface area contributed by atoms with Crippen molar-refractivity contribution in [2.24, 2.45) is 0 Å². The molecular weight excluding hydrogens is 220 g/mol. The van der Waals surface area contributed by atoms with E-state index in [1.807, 2.05) is 6.07 Å². The average molecular weight is 229 g/mol. The fourth-order valence-corrected chi connectivity index (χ4v) is 1.59. The van der Waals surface area contributed by atoms with E-state index in [0.29, 0.717) is 0 Å². The van der Waals surface area contributed by atoms with Gasteiger partial charge in [-0.3, -0.25) is 0 Å². The molecule has 0 radical (unpaired) electrons. The maximum Gasteiger partial charge on any atom is 0.158 e. The van der Waals surface area contributed by atoms with Crippen molar-refractivity contribution in [1.82, 2.24) is 9.97 Å². The van der Waals surface area contributed by atoms with Crippen molar-refractivity contribution in [2.45, 2.75) is 18.9 Å². The molecule has 1 aliphatic heterocycles. The number of ether oxygens (including phenoxy) is 1. The monoisotopic (exact) mass is 228 g/mol. The largest absolute Gasteiger partial charge is 0.370 e. The van der Waals surface area contributed by atoms with Crippen LogP contribution in [0.1, 0.15) is 24.8 Å². The molecule has 0 bridgehead atoms. The molecule has 1 aromatic rings. The molecule has 12 heavy (non-hydrogen) atoms. The Hall–Kier alpha value is -0.480. The van der Waals surface area contributed by atoms with Gasteiger partial charge >= 0.3 is 0 Å². The quantitative estimate of drug-likeness (QED) is 0.691. The standard InChI is InChI=1S/C8H9BrN2O/c9-7-3-4-10-8(11-7)6-2-1-5-12-6/h3-4,6H,1-2,5H2. The second kappa shape index (κ2) is 3.49. The molecule has 3 nitrogen and oxygen atoms in total. The summed E-state index contributed by atoms with van der Waals surface area (Å²) in [5, 5.41) is 0. The fourth-order valence-electron chi connectivity index (χ4n) is 1.29. The topological polar surface area (TPSA) is 35.0 Å². The minimum Gasteiger partial charge on any atom is -0.370 e. The molecule has 1 fully saturated rings. The number of nitrogens with zero attached hydrogens (tertiary/aromatic N) is 2. The van der Waals surface area contributed by atoms with Crippen molar-refractivity contribution in [1.29, 1.82) is 0 Å². The van der Waals surface area contributed by atoms with Crippen LogP contribution in [0.5, 0.6) is 0 Å². The average Bonchev–Trinajstić information content (AvgIpc) is 2.56. The van der Waals surface area contributed by atoms with E-state index < -0.39 is 0 Å². The first-order valence-corrected chi connectivity index (χ1v) is 4.75. The van der Waals surface area contributed by atoms with Crippen LogP contribution in [0.25, 0.3) is 0 Å². The Bertz CT molecular complexity index is 274. The van der Waals surface area contributed by atoms with Gasteiger partial charge in [-0.25, -0.2) is 9.97 Å². The van der Waals surface area contributed by atoms with Crippen LogP contribution in [-0.2, 0) is 4.74 Å². The fraction of sp³-hybridized carbons (Fsp3) is 0.500. The van der Waals surface area contributed by atoms with E-state index in [9.17, 15) is 0 Å². The van der Waals surface area contributed by atoms with Gasteiger partial charge in [0.2, 0.25) is 0 Å². The highest BCUT2D eigenvalue weighted by molar-refractivity contribution is 9.10. The van der Waals surface area contributed by atoms with Gasteiger partial charge in [0.05, 0.1) is 0 Å². The highest BCUT2D eigenvalue weighted by Crippen LogP contribution is 2.25. The zero-order valence-corrected chi connectivity index (χ0v) is 8.12. The summed E-state index contributed by atoms with van der Waals surface area (Å²) in [6.45, 7) is 0.834. The molecule has 1 aromatic heterocycles. The molecular formula is C8H9BrN2O. The maximum atomic E-state index is 5.45. The molecule has 0 amide bonds. The Morgan fingerprint density at radius 1 is 1.58 bits per heavy atom. The summed E-state index contributed by atoms with van der Waals surface area (Å²) in [4.78, 5) is 8.39. The molecule has 1 atom stereocenters. The van der Waals surface area contributed by atoms with Crippen LogP contribution < -0.4 is 0 Å². The first-order valence-electron chi connectivity index (χ1n) is 3.96. The van der Waals surface area contributed by atoms with Gasteiger partial charge in [-0.2, -0.15) is 0 Å². The van der Waals surface area contributed by atoms with E-state index >= 15 is 0 Å². The summed E-state index contributed by atoms with van der Waals surface area (Å²) in [5.41, 5.74) is 0. The lowest BCUT2D eigenvalue weighted by atomic mass is 10.2. The molecule has 2 rings (SSSR count). The molecule has 4 heteroatoms. The molecule has 0 aromatic carbocycles. The van der Waals surface area contributed by atoms with E-state index in [0.717, 1.165) is 29.9 Å². The number of hydrogen-bond acceptors (Lipinski definition) is 3. The van der Waals surface area contributed by atoms with Gasteiger partial charge in [0.15, 0.2) is 5.82 Å². The van der Waals surface area contributed by atoms with Crippen LogP contribution in [0, 0.1) is 0 Å². The van der Waals surface area contributed by atoms with Crippen molar-refractivity contribution >= 4 is 15.9 Å². The van der Waals surface area contributed by atoms with E-state index in [1.54, 1.807) is 6.20 Å². The normalized spacial score (nSPS) is 22.9. The number of rotatable bonds is 1. The smallest absolute Gasteiger partial charge is 0.158 e. The molecule has 1 saturated heterocycles. The Balaban J connectivity index is 2.21. The first-order chi connectivity index (χ1) is 5.86. The van der Waals surface area contributed by atoms with E-state index in [2.05, 4.69) is 25.9 Å². The van der Waals surface area contributed by atoms with Crippen LogP contribution in [0.15, 0.2) is 16.9 Å². The lowest BCUT2D eigenvalue weighted by molar-refractivity contribution is 0.105. The van der Waals surface area contributed by atoms with Crippen LogP contribution in [0.4, 0.5) is 0 Å². The van der Waals surface area contributed by atoms with E-state index in [1.165, 1.54) is 0 Å². The predicted octanol–water partition coefficient (Wildman–Crippen LogP) is 2.09. The second-order valence-electron chi connectivity index (χ2n) is 2.74. The van der Waals surface area contributed by atoms with Gasteiger partial charge in [0, 0.05) is 12.8 Å². The van der Waals surface area contributed by atoms with E-state index in [-0.39, 0.29) is 6.10 Å². The third kappa shape index (κ3) is 1.64. The van der Waals surface area contributed by atoms with Crippen molar-refractivity contribution in [3.63, 3.8) is 0 Å². The summed E-state index contributed by atoms with van der Waals surface area (Å²) in [7, 11) is 0. The summed E-state index contributed by atoms with van der Waals surface area (Å²) < 4.78 is 6.27. The summed E-state index contributed by atoms with van der Waals surface area (Å²) in [6, 6.07) is 1.82. The number of hydrogen-bond donors (Lipinski definition) is 0. The van der Waals surface area contributed by atoms with Gasteiger partial charge in [-0.15, -0.1) is 0 Å². The first kappa shape index (κ1) is 8.13. The molecule has 0 N–H and O–H groups in total. The Morgan fingerprint density at radius 2 is 2.50 bits per heavy atom. The lowest BCUT2D eigenvalue weighted by Crippen LogP contribution is -2.01. The number of halogens is 1. The molecule has 0 saturated carbocycles. The van der Waals surface area contributed by atoms with Crippen molar-refractivity contribution < 1.29 is 4.74 Å². The van der Waals surface area contributed by atoms with Crippen LogP contribution in [-0.4, -0.2) is 16.6 Å². The van der Waals surface area contributed by atoms with Gasteiger partial charge in [-0.1, -0.05) is 0 Å². The molecule has 1 aliphatic rings. The van der Waals surface area contributed by atoms with Crippen LogP contribution in [0.2, 0.25) is 0 Å². The Labute approximate surface area is 79.3 Å². The summed E-state index contributed by atoms with van der Waals surface area (Å²) >= 11 is 3.30. The van der Waals surface area contributed by atoms with Gasteiger partial charge in [0.1, 0.15) is 10.7 Å². The summed E-state index contributed by atoms with van der Waals surface area (Å²) in [6.07, 6.45) is 4.01. The third-order valence-corrected chi connectivity index (χ3v) is 2.30. The molecule has 64 valence electrons. The van der Waals surface area contributed by atoms with Crippen LogP contribution in [0.3, 0.4) is 0 Å². The predicted molar refractivity (Wildman–Crippen MR) is 47.7 cm³/mol. The summed E-state index contributed by atoms with van der Waals surface area (Å²) in [5.74, 6) is 0.793. The highest BCUT2D eigenvalue weighted by Gasteiger charge is 2.19. The SMILES string of the molecule is Brc1ccnc(C2CCCO2)n1. The van der Waals surface area contributed by atoms with Crippen LogP contribution >= 0.6 is 15.9 Å². The zero-order chi connectivity index (χ0) is 8.39. The highest BCUT2D eigenvalue weighted by atomic mass is 79.9. The Kier molecular flexibility index (Phi) is 2.37. The van der Waals surface area contributed by atoms with Gasteiger partial charge in [-0.05, 0) is 34.8 Å². The minimum absolute atomic E-state index is 0.113. The van der Waals surface area contributed by atoms with Gasteiger partial charge < -0.3 is 4.74 Å². The van der Waals surface area contributed by atoms with Crippen molar-refractivity contribution in [2.75, 3.05) is 6.61 Å². The molecule has 0 spiro atoms. The Morgan fingerprint density at radius 3 is 3.17 bits per heavy atom. The molecule has 0 aliphatic carbocycles.